The van der Waals surface area contributed by atoms with Crippen LogP contribution in [0.2, 0.25) is 0 Å². The van der Waals surface area contributed by atoms with Crippen LogP contribution in [0, 0.1) is 20.8 Å². The first kappa shape index (κ1) is 17.5. The number of esters is 1. The normalized spacial score (nSPS) is 11.7. The third kappa shape index (κ3) is 4.84. The van der Waals surface area contributed by atoms with Crippen LogP contribution in [-0.2, 0) is 14.3 Å². The van der Waals surface area contributed by atoms with Gasteiger partial charge in [0.15, 0.2) is 18.5 Å². The summed E-state index contributed by atoms with van der Waals surface area (Å²) in [7, 11) is 0. The molecule has 7 heteroatoms. The first-order chi connectivity index (χ1) is 11.3. The van der Waals surface area contributed by atoms with Gasteiger partial charge >= 0.3 is 5.97 Å². The zero-order valence-electron chi connectivity index (χ0n) is 14.1. The van der Waals surface area contributed by atoms with Crippen molar-refractivity contribution in [2.24, 2.45) is 0 Å². The Balaban J connectivity index is 1.81. The molecule has 1 aromatic carbocycles. The van der Waals surface area contributed by atoms with E-state index in [1.165, 1.54) is 6.92 Å². The summed E-state index contributed by atoms with van der Waals surface area (Å²) < 4.78 is 15.3. The molecule has 1 atom stereocenters. The topological polar surface area (TPSA) is 90.7 Å². The Labute approximate surface area is 139 Å². The van der Waals surface area contributed by atoms with E-state index in [0.717, 1.165) is 11.1 Å². The Morgan fingerprint density at radius 3 is 2.62 bits per heavy atom. The predicted molar refractivity (Wildman–Crippen MR) is 86.8 cm³/mol. The van der Waals surface area contributed by atoms with Crippen molar-refractivity contribution in [2.45, 2.75) is 33.8 Å². The summed E-state index contributed by atoms with van der Waals surface area (Å²) in [6.07, 6.45) is -0.975. The summed E-state index contributed by atoms with van der Waals surface area (Å²) in [5.74, 6) is 0.314. The van der Waals surface area contributed by atoms with Crippen LogP contribution in [0.15, 0.2) is 28.8 Å². The molecule has 0 aliphatic carbocycles. The van der Waals surface area contributed by atoms with Gasteiger partial charge in [-0.3, -0.25) is 4.79 Å². The molecule has 1 amide bonds. The van der Waals surface area contributed by atoms with Gasteiger partial charge in [0.2, 0.25) is 0 Å². The Hall–Kier alpha value is -2.83. The minimum atomic E-state index is -0.975. The summed E-state index contributed by atoms with van der Waals surface area (Å²) in [6.45, 7) is 6.77. The number of rotatable bonds is 6. The summed E-state index contributed by atoms with van der Waals surface area (Å²) in [5, 5.41) is 6.13. The minimum absolute atomic E-state index is 0.270. The van der Waals surface area contributed by atoms with Crippen molar-refractivity contribution >= 4 is 17.7 Å². The smallest absolute Gasteiger partial charge is 0.344 e. The second kappa shape index (κ2) is 7.63. The van der Waals surface area contributed by atoms with Crippen LogP contribution in [0.5, 0.6) is 5.75 Å². The van der Waals surface area contributed by atoms with Crippen LogP contribution in [-0.4, -0.2) is 29.7 Å². The Bertz CT molecular complexity index is 738. The van der Waals surface area contributed by atoms with Crippen LogP contribution in [0.25, 0.3) is 0 Å². The van der Waals surface area contributed by atoms with Gasteiger partial charge in [0.25, 0.3) is 5.91 Å². The highest BCUT2D eigenvalue weighted by molar-refractivity contribution is 5.94. The number of hydrogen-bond donors (Lipinski definition) is 1. The largest absolute Gasteiger partial charge is 0.482 e. The molecule has 1 aromatic heterocycles. The van der Waals surface area contributed by atoms with E-state index in [1.807, 2.05) is 26.0 Å². The van der Waals surface area contributed by atoms with E-state index in [0.29, 0.717) is 11.5 Å². The van der Waals surface area contributed by atoms with E-state index in [1.54, 1.807) is 19.1 Å². The van der Waals surface area contributed by atoms with Crippen molar-refractivity contribution in [3.05, 3.63) is 41.2 Å². The van der Waals surface area contributed by atoms with Gasteiger partial charge in [0.1, 0.15) is 11.5 Å². The molecule has 1 heterocycles. The van der Waals surface area contributed by atoms with Gasteiger partial charge in [-0.05, 0) is 39.3 Å². The van der Waals surface area contributed by atoms with Crippen molar-refractivity contribution in [1.29, 1.82) is 0 Å². The second-order valence-electron chi connectivity index (χ2n) is 5.50. The number of aromatic nitrogens is 1. The van der Waals surface area contributed by atoms with Crippen molar-refractivity contribution in [3.63, 3.8) is 0 Å². The summed E-state index contributed by atoms with van der Waals surface area (Å²) in [4.78, 5) is 23.7. The number of carbonyl (C=O) groups excluding carboxylic acids is 2. The number of amides is 1. The number of nitrogens with one attached hydrogen (secondary N) is 1. The molecule has 0 aliphatic rings. The molecule has 24 heavy (non-hydrogen) atoms. The molecule has 0 radical (unpaired) electrons. The van der Waals surface area contributed by atoms with Gasteiger partial charge in [-0.15, -0.1) is 0 Å². The molecule has 2 aromatic rings. The van der Waals surface area contributed by atoms with Gasteiger partial charge in [0.05, 0.1) is 0 Å². The minimum Gasteiger partial charge on any atom is -0.482 e. The zero-order valence-corrected chi connectivity index (χ0v) is 14.1. The number of ether oxygens (including phenoxy) is 2. The van der Waals surface area contributed by atoms with E-state index >= 15 is 0 Å². The Morgan fingerprint density at radius 1 is 1.25 bits per heavy atom. The number of benzene rings is 1. The van der Waals surface area contributed by atoms with Crippen LogP contribution < -0.4 is 10.1 Å². The lowest BCUT2D eigenvalue weighted by Gasteiger charge is -2.13. The number of carbonyl (C=O) groups is 2. The maximum Gasteiger partial charge on any atom is 0.344 e. The van der Waals surface area contributed by atoms with Gasteiger partial charge in [-0.25, -0.2) is 4.79 Å². The van der Waals surface area contributed by atoms with Crippen LogP contribution in [0.4, 0.5) is 5.82 Å². The fourth-order valence-electron chi connectivity index (χ4n) is 2.04. The Morgan fingerprint density at radius 2 is 2.00 bits per heavy atom. The van der Waals surface area contributed by atoms with Gasteiger partial charge in [0, 0.05) is 6.07 Å². The average Bonchev–Trinajstić information content (AvgIpc) is 2.91. The molecule has 0 fully saturated rings. The van der Waals surface area contributed by atoms with Crippen molar-refractivity contribution in [1.82, 2.24) is 5.16 Å². The first-order valence-electron chi connectivity index (χ1n) is 7.49. The van der Waals surface area contributed by atoms with Crippen molar-refractivity contribution in [3.8, 4) is 5.75 Å². The predicted octanol–water partition coefficient (Wildman–Crippen LogP) is 2.55. The van der Waals surface area contributed by atoms with Crippen LogP contribution in [0.3, 0.4) is 0 Å². The molecular weight excluding hydrogens is 312 g/mol. The standard InChI is InChI=1S/C17H20N2O5/c1-10-5-6-14(11(2)7-10)22-9-16(20)23-13(4)17(21)18-15-8-12(3)24-19-15/h5-8,13H,9H2,1-4H3,(H,18,19,21)/t13-/m1/s1. The van der Waals surface area contributed by atoms with E-state index in [4.69, 9.17) is 14.0 Å². The average molecular weight is 332 g/mol. The zero-order chi connectivity index (χ0) is 17.7. The maximum absolute atomic E-state index is 11.9. The van der Waals surface area contributed by atoms with Gasteiger partial charge in [-0.1, -0.05) is 22.9 Å². The highest BCUT2D eigenvalue weighted by Gasteiger charge is 2.19. The number of aryl methyl sites for hydroxylation is 3. The highest BCUT2D eigenvalue weighted by Crippen LogP contribution is 2.18. The van der Waals surface area contributed by atoms with E-state index < -0.39 is 18.0 Å². The Kier molecular flexibility index (Phi) is 5.57. The maximum atomic E-state index is 11.9. The molecule has 2 rings (SSSR count). The quantitative estimate of drug-likeness (QED) is 0.818. The van der Waals surface area contributed by atoms with E-state index in [-0.39, 0.29) is 12.4 Å². The molecule has 128 valence electrons. The molecule has 0 bridgehead atoms. The van der Waals surface area contributed by atoms with E-state index in [9.17, 15) is 9.59 Å². The molecule has 7 nitrogen and oxygen atoms in total. The molecule has 0 spiro atoms. The molecule has 1 N–H and O–H groups in total. The fraction of sp³-hybridized carbons (Fsp3) is 0.353. The van der Waals surface area contributed by atoms with Crippen LogP contribution in [0.1, 0.15) is 23.8 Å². The lowest BCUT2D eigenvalue weighted by molar-refractivity contribution is -0.155. The molecule has 0 saturated heterocycles. The third-order valence-corrected chi connectivity index (χ3v) is 3.23. The third-order valence-electron chi connectivity index (χ3n) is 3.23. The SMILES string of the molecule is Cc1ccc(OCC(=O)O[C@H](C)C(=O)Nc2cc(C)on2)c(C)c1. The number of anilines is 1. The molecule has 0 unspecified atom stereocenters. The van der Waals surface area contributed by atoms with Crippen molar-refractivity contribution < 1.29 is 23.6 Å². The lowest BCUT2D eigenvalue weighted by atomic mass is 10.1. The highest BCUT2D eigenvalue weighted by atomic mass is 16.6. The van der Waals surface area contributed by atoms with Crippen LogP contribution >= 0.6 is 0 Å². The van der Waals surface area contributed by atoms with E-state index in [2.05, 4.69) is 10.5 Å². The van der Waals surface area contributed by atoms with Crippen molar-refractivity contribution in [2.75, 3.05) is 11.9 Å². The summed E-state index contributed by atoms with van der Waals surface area (Å²) >= 11 is 0. The molecule has 0 aliphatic heterocycles. The van der Waals surface area contributed by atoms with Gasteiger partial charge < -0.3 is 19.3 Å². The first-order valence-corrected chi connectivity index (χ1v) is 7.49. The summed E-state index contributed by atoms with van der Waals surface area (Å²) in [5.41, 5.74) is 2.03. The lowest BCUT2D eigenvalue weighted by Crippen LogP contribution is -2.31. The fourth-order valence-corrected chi connectivity index (χ4v) is 2.04. The molecular formula is C17H20N2O5. The van der Waals surface area contributed by atoms with Gasteiger partial charge in [-0.2, -0.15) is 0 Å². The summed E-state index contributed by atoms with van der Waals surface area (Å²) in [6, 6.07) is 7.21. The number of hydrogen-bond acceptors (Lipinski definition) is 6. The second-order valence-corrected chi connectivity index (χ2v) is 5.50. The number of nitrogens with zero attached hydrogens (tertiary/aromatic N) is 1. The monoisotopic (exact) mass is 332 g/mol. The molecule has 0 saturated carbocycles.